The van der Waals surface area contributed by atoms with Crippen molar-refractivity contribution in [1.82, 2.24) is 9.55 Å². The van der Waals surface area contributed by atoms with E-state index in [1.54, 1.807) is 11.6 Å². The molecule has 2 aromatic rings. The molecular weight excluding hydrogens is 298 g/mol. The minimum Gasteiger partial charge on any atom is -0.296 e. The molecule has 1 aliphatic rings. The molecule has 0 aliphatic carbocycles. The van der Waals surface area contributed by atoms with Crippen molar-refractivity contribution < 1.29 is 0 Å². The quantitative estimate of drug-likeness (QED) is 0.631. The van der Waals surface area contributed by atoms with Gasteiger partial charge in [-0.1, -0.05) is 25.8 Å². The fraction of sp³-hybridized carbons (Fsp3) is 0.350. The summed E-state index contributed by atoms with van der Waals surface area (Å²) in [7, 11) is 1.73. The average Bonchev–Trinajstić information content (AvgIpc) is 2.95. The summed E-state index contributed by atoms with van der Waals surface area (Å²) in [5.41, 5.74) is 2.37. The molecule has 3 rings (SSSR count). The maximum absolute atomic E-state index is 12.6. The molecule has 122 valence electrons. The zero-order chi connectivity index (χ0) is 17.1. The number of fused-ring (bicyclic) bond motifs is 2. The summed E-state index contributed by atoms with van der Waals surface area (Å²) in [5, 5.41) is 0.661. The molecule has 1 atom stereocenters. The highest BCUT2D eigenvalue weighted by Crippen LogP contribution is 2.19. The van der Waals surface area contributed by atoms with Gasteiger partial charge in [0.2, 0.25) is 0 Å². The molecule has 4 nitrogen and oxygen atoms in total. The number of aromatic nitrogens is 2. The van der Waals surface area contributed by atoms with E-state index < -0.39 is 0 Å². The third-order valence-electron chi connectivity index (χ3n) is 4.15. The minimum absolute atomic E-state index is 0.0561. The van der Waals surface area contributed by atoms with Crippen LogP contribution in [-0.4, -0.2) is 22.3 Å². The van der Waals surface area contributed by atoms with Crippen molar-refractivity contribution >= 4 is 16.6 Å². The van der Waals surface area contributed by atoms with Crippen LogP contribution in [0.2, 0.25) is 0 Å². The summed E-state index contributed by atoms with van der Waals surface area (Å²) in [6, 6.07) is 5.60. The molecule has 0 radical (unpaired) electrons. The second-order valence-corrected chi connectivity index (χ2v) is 6.15. The van der Waals surface area contributed by atoms with Crippen LogP contribution < -0.4 is 5.56 Å². The number of benzene rings is 1. The zero-order valence-electron chi connectivity index (χ0n) is 14.3. The van der Waals surface area contributed by atoms with Gasteiger partial charge in [0.1, 0.15) is 11.5 Å². The van der Waals surface area contributed by atoms with Gasteiger partial charge >= 0.3 is 0 Å². The van der Waals surface area contributed by atoms with E-state index in [2.05, 4.69) is 35.7 Å². The minimum atomic E-state index is 0.0561. The first-order valence-electron chi connectivity index (χ1n) is 8.31. The van der Waals surface area contributed by atoms with Crippen molar-refractivity contribution in [2.75, 3.05) is 7.05 Å². The van der Waals surface area contributed by atoms with Gasteiger partial charge in [0.25, 0.3) is 5.56 Å². The number of nitrogens with zero attached hydrogens (tertiary/aromatic N) is 3. The SMILES string of the molecule is CC/C=C\C(C#Cc1ccc2c(=O)n3c(nc2c1)CC(C)C3)=NC. The van der Waals surface area contributed by atoms with Crippen LogP contribution in [-0.2, 0) is 13.0 Å². The first kappa shape index (κ1) is 16.2. The Morgan fingerprint density at radius 1 is 1.50 bits per heavy atom. The summed E-state index contributed by atoms with van der Waals surface area (Å²) < 4.78 is 1.80. The molecule has 1 aliphatic heterocycles. The number of allylic oxidation sites excluding steroid dienone is 2. The van der Waals surface area contributed by atoms with Crippen LogP contribution in [0.15, 0.2) is 40.1 Å². The molecule has 0 fully saturated rings. The van der Waals surface area contributed by atoms with Crippen molar-refractivity contribution in [1.29, 1.82) is 0 Å². The van der Waals surface area contributed by atoms with Crippen LogP contribution in [0.3, 0.4) is 0 Å². The Bertz CT molecular complexity index is 954. The summed E-state index contributed by atoms with van der Waals surface area (Å²) in [6.07, 6.45) is 5.76. The molecule has 0 amide bonds. The van der Waals surface area contributed by atoms with E-state index in [0.29, 0.717) is 11.3 Å². The van der Waals surface area contributed by atoms with E-state index in [4.69, 9.17) is 0 Å². The predicted molar refractivity (Wildman–Crippen MR) is 98.5 cm³/mol. The van der Waals surface area contributed by atoms with E-state index in [9.17, 15) is 4.79 Å². The Hall–Kier alpha value is -2.67. The highest BCUT2D eigenvalue weighted by molar-refractivity contribution is 6.09. The van der Waals surface area contributed by atoms with Gasteiger partial charge in [0.05, 0.1) is 10.9 Å². The Balaban J connectivity index is 2.00. The smallest absolute Gasteiger partial charge is 0.261 e. The van der Waals surface area contributed by atoms with Crippen LogP contribution in [0.25, 0.3) is 10.9 Å². The molecule has 1 unspecified atom stereocenters. The molecule has 1 aromatic carbocycles. The lowest BCUT2D eigenvalue weighted by atomic mass is 10.1. The molecule has 1 aromatic heterocycles. The fourth-order valence-electron chi connectivity index (χ4n) is 2.91. The molecule has 0 spiro atoms. The van der Waals surface area contributed by atoms with E-state index >= 15 is 0 Å². The van der Waals surface area contributed by atoms with Crippen molar-refractivity contribution in [3.63, 3.8) is 0 Å². The number of hydrogen-bond acceptors (Lipinski definition) is 3. The molecular formula is C20H21N3O. The second-order valence-electron chi connectivity index (χ2n) is 6.15. The van der Waals surface area contributed by atoms with Crippen LogP contribution in [0.4, 0.5) is 0 Å². The first-order chi connectivity index (χ1) is 11.6. The van der Waals surface area contributed by atoms with E-state index in [1.165, 1.54) is 0 Å². The van der Waals surface area contributed by atoms with E-state index in [-0.39, 0.29) is 5.56 Å². The first-order valence-corrected chi connectivity index (χ1v) is 8.31. The van der Waals surface area contributed by atoms with Gasteiger partial charge in [0.15, 0.2) is 0 Å². The number of hydrogen-bond donors (Lipinski definition) is 0. The maximum atomic E-state index is 12.6. The second kappa shape index (κ2) is 6.84. The normalized spacial score (nSPS) is 17.1. The number of rotatable bonds is 2. The van der Waals surface area contributed by atoms with Crippen LogP contribution in [0.1, 0.15) is 31.7 Å². The zero-order valence-corrected chi connectivity index (χ0v) is 14.3. The van der Waals surface area contributed by atoms with E-state index in [1.807, 2.05) is 30.4 Å². The predicted octanol–water partition coefficient (Wildman–Crippen LogP) is 2.98. The van der Waals surface area contributed by atoms with Gasteiger partial charge in [-0.15, -0.1) is 0 Å². The average molecular weight is 319 g/mol. The highest BCUT2D eigenvalue weighted by atomic mass is 16.1. The molecule has 24 heavy (non-hydrogen) atoms. The highest BCUT2D eigenvalue weighted by Gasteiger charge is 2.21. The van der Waals surface area contributed by atoms with E-state index in [0.717, 1.165) is 42.0 Å². The summed E-state index contributed by atoms with van der Waals surface area (Å²) in [6.45, 7) is 4.98. The largest absolute Gasteiger partial charge is 0.296 e. The summed E-state index contributed by atoms with van der Waals surface area (Å²) in [5.74, 6) is 7.52. The fourth-order valence-corrected chi connectivity index (χ4v) is 2.91. The van der Waals surface area contributed by atoms with Gasteiger partial charge in [-0.05, 0) is 42.5 Å². The van der Waals surface area contributed by atoms with Crippen LogP contribution >= 0.6 is 0 Å². The van der Waals surface area contributed by atoms with Crippen molar-refractivity contribution in [2.45, 2.75) is 33.2 Å². The molecule has 0 saturated heterocycles. The third-order valence-corrected chi connectivity index (χ3v) is 4.15. The Kier molecular flexibility index (Phi) is 4.61. The van der Waals surface area contributed by atoms with Crippen LogP contribution in [0.5, 0.6) is 0 Å². The standard InChI is InChI=1S/C20H21N3O/c1-4-5-6-16(21-3)9-7-15-8-10-17-18(12-15)22-19-11-14(2)13-23(19)20(17)24/h5-6,8,10,12,14H,4,11,13H2,1-3H3/b6-5-,21-16?. The molecule has 0 N–H and O–H groups in total. The Labute approximate surface area is 142 Å². The molecule has 0 saturated carbocycles. The lowest BCUT2D eigenvalue weighted by Gasteiger charge is -2.05. The monoisotopic (exact) mass is 319 g/mol. The van der Waals surface area contributed by atoms with Gasteiger partial charge < -0.3 is 0 Å². The lowest BCUT2D eigenvalue weighted by molar-refractivity contribution is 0.558. The van der Waals surface area contributed by atoms with Gasteiger partial charge in [-0.2, -0.15) is 0 Å². The number of aliphatic imine (C=N–C) groups is 1. The molecule has 0 bridgehead atoms. The van der Waals surface area contributed by atoms with Gasteiger partial charge in [0, 0.05) is 25.6 Å². The van der Waals surface area contributed by atoms with Gasteiger partial charge in [-0.3, -0.25) is 14.4 Å². The maximum Gasteiger partial charge on any atom is 0.261 e. The topological polar surface area (TPSA) is 47.2 Å². The lowest BCUT2D eigenvalue weighted by Crippen LogP contribution is -2.21. The van der Waals surface area contributed by atoms with Gasteiger partial charge in [-0.25, -0.2) is 4.98 Å². The Morgan fingerprint density at radius 2 is 2.33 bits per heavy atom. The Morgan fingerprint density at radius 3 is 3.08 bits per heavy atom. The third kappa shape index (κ3) is 3.16. The van der Waals surface area contributed by atoms with Crippen LogP contribution in [0, 0.1) is 17.8 Å². The molecule has 4 heteroatoms. The van der Waals surface area contributed by atoms with Crippen molar-refractivity contribution in [2.24, 2.45) is 10.9 Å². The van der Waals surface area contributed by atoms with Crippen molar-refractivity contribution in [3.05, 3.63) is 52.1 Å². The summed E-state index contributed by atoms with van der Waals surface area (Å²) >= 11 is 0. The molecule has 2 heterocycles. The van der Waals surface area contributed by atoms with Crippen molar-refractivity contribution in [3.8, 4) is 11.8 Å². The summed E-state index contributed by atoms with van der Waals surface area (Å²) in [4.78, 5) is 21.4.